The molecule has 2 amide bonds. The van der Waals surface area contributed by atoms with Gasteiger partial charge in [0.25, 0.3) is 0 Å². The molecule has 8 heteroatoms. The molecule has 1 aliphatic rings. The first-order chi connectivity index (χ1) is 12.9. The summed E-state index contributed by atoms with van der Waals surface area (Å²) in [5, 5.41) is 4.89. The van der Waals surface area contributed by atoms with Gasteiger partial charge in [-0.1, -0.05) is 12.1 Å². The molecule has 0 atom stereocenters. The first-order valence-corrected chi connectivity index (χ1v) is 8.13. The van der Waals surface area contributed by atoms with Crippen LogP contribution in [0, 0.1) is 17.0 Å². The maximum absolute atomic E-state index is 13.7. The third kappa shape index (κ3) is 3.64. The normalized spacial score (nSPS) is 14.2. The van der Waals surface area contributed by atoms with Crippen molar-refractivity contribution in [1.82, 2.24) is 0 Å². The van der Waals surface area contributed by atoms with Gasteiger partial charge < -0.3 is 15.4 Å². The third-order valence-electron chi connectivity index (χ3n) is 4.38. The molecule has 0 aliphatic heterocycles. The minimum atomic E-state index is -1.37. The van der Waals surface area contributed by atoms with Crippen LogP contribution in [-0.4, -0.2) is 24.9 Å². The van der Waals surface area contributed by atoms with E-state index in [-0.39, 0.29) is 29.8 Å². The van der Waals surface area contributed by atoms with Crippen molar-refractivity contribution in [3.63, 3.8) is 0 Å². The lowest BCUT2D eigenvalue weighted by Gasteiger charge is -2.17. The fourth-order valence-electron chi connectivity index (χ4n) is 2.64. The zero-order valence-corrected chi connectivity index (χ0v) is 14.3. The van der Waals surface area contributed by atoms with Gasteiger partial charge in [-0.15, -0.1) is 0 Å². The predicted molar refractivity (Wildman–Crippen MR) is 93.1 cm³/mol. The Labute approximate surface area is 153 Å². The second-order valence-corrected chi connectivity index (χ2v) is 6.15. The number of rotatable bonds is 5. The van der Waals surface area contributed by atoms with E-state index in [9.17, 15) is 23.2 Å². The molecule has 1 fully saturated rings. The predicted octanol–water partition coefficient (Wildman–Crippen LogP) is 3.11. The highest BCUT2D eigenvalue weighted by molar-refractivity contribution is 6.17. The molecule has 0 aromatic heterocycles. The average molecular weight is 374 g/mol. The highest BCUT2D eigenvalue weighted by Gasteiger charge is 2.56. The van der Waals surface area contributed by atoms with Gasteiger partial charge in [-0.3, -0.25) is 9.59 Å². The van der Waals surface area contributed by atoms with Crippen molar-refractivity contribution in [3.05, 3.63) is 59.7 Å². The van der Waals surface area contributed by atoms with Gasteiger partial charge in [0.1, 0.15) is 17.0 Å². The van der Waals surface area contributed by atoms with Crippen LogP contribution in [-0.2, 0) is 14.3 Å². The smallest absolute Gasteiger partial charge is 0.339 e. The lowest BCUT2D eigenvalue weighted by atomic mass is 10.0. The molecule has 1 aliphatic carbocycles. The van der Waals surface area contributed by atoms with Gasteiger partial charge in [0.15, 0.2) is 0 Å². The Bertz CT molecular complexity index is 926. The summed E-state index contributed by atoms with van der Waals surface area (Å²) in [7, 11) is 1.22. The Morgan fingerprint density at radius 1 is 0.963 bits per heavy atom. The molecule has 2 aromatic carbocycles. The first-order valence-electron chi connectivity index (χ1n) is 8.13. The Hall–Kier alpha value is -3.29. The number of benzene rings is 2. The number of halogens is 2. The van der Waals surface area contributed by atoms with E-state index >= 15 is 0 Å². The monoisotopic (exact) mass is 374 g/mol. The number of hydrogen-bond acceptors (Lipinski definition) is 4. The van der Waals surface area contributed by atoms with E-state index in [1.807, 2.05) is 0 Å². The number of methoxy groups -OCH3 is 1. The van der Waals surface area contributed by atoms with Gasteiger partial charge in [0.05, 0.1) is 24.0 Å². The molecule has 27 heavy (non-hydrogen) atoms. The van der Waals surface area contributed by atoms with Crippen LogP contribution in [0.1, 0.15) is 23.2 Å². The van der Waals surface area contributed by atoms with Crippen LogP contribution in [0.2, 0.25) is 0 Å². The zero-order valence-electron chi connectivity index (χ0n) is 14.3. The van der Waals surface area contributed by atoms with Gasteiger partial charge in [-0.05, 0) is 37.1 Å². The quantitative estimate of drug-likeness (QED) is 0.622. The number of ether oxygens (including phenoxy) is 1. The molecule has 2 N–H and O–H groups in total. The molecule has 1 saturated carbocycles. The molecule has 6 nitrogen and oxygen atoms in total. The molecular formula is C19H16F2N2O4. The molecule has 0 spiro atoms. The van der Waals surface area contributed by atoms with Crippen molar-refractivity contribution in [3.8, 4) is 0 Å². The summed E-state index contributed by atoms with van der Waals surface area (Å²) in [6.45, 7) is 0. The minimum absolute atomic E-state index is 0.147. The molecular weight excluding hydrogens is 358 g/mol. The van der Waals surface area contributed by atoms with Gasteiger partial charge in [-0.2, -0.15) is 0 Å². The second-order valence-electron chi connectivity index (χ2n) is 6.15. The number of anilines is 2. The maximum atomic E-state index is 13.7. The topological polar surface area (TPSA) is 84.5 Å². The van der Waals surface area contributed by atoms with Crippen molar-refractivity contribution in [2.24, 2.45) is 5.41 Å². The number of nitrogens with one attached hydrogen (secondary N) is 2. The van der Waals surface area contributed by atoms with E-state index in [0.29, 0.717) is 6.07 Å². The van der Waals surface area contributed by atoms with Crippen molar-refractivity contribution in [1.29, 1.82) is 0 Å². The van der Waals surface area contributed by atoms with Crippen LogP contribution in [0.4, 0.5) is 20.2 Å². The van der Waals surface area contributed by atoms with Crippen LogP contribution in [0.25, 0.3) is 0 Å². The third-order valence-corrected chi connectivity index (χ3v) is 4.38. The molecule has 2 aromatic rings. The molecule has 0 saturated heterocycles. The van der Waals surface area contributed by atoms with E-state index in [4.69, 9.17) is 0 Å². The summed E-state index contributed by atoms with van der Waals surface area (Å²) in [5.41, 5.74) is -1.23. The van der Waals surface area contributed by atoms with E-state index in [2.05, 4.69) is 15.4 Å². The van der Waals surface area contributed by atoms with E-state index in [1.54, 1.807) is 12.1 Å². The fraction of sp³-hybridized carbons (Fsp3) is 0.211. The number of hydrogen-bond donors (Lipinski definition) is 2. The fourth-order valence-corrected chi connectivity index (χ4v) is 2.64. The summed E-state index contributed by atoms with van der Waals surface area (Å²) in [6.07, 6.45) is 0.543. The Morgan fingerprint density at radius 2 is 1.59 bits per heavy atom. The van der Waals surface area contributed by atoms with Crippen LogP contribution in [0.5, 0.6) is 0 Å². The van der Waals surface area contributed by atoms with Gasteiger partial charge in [0.2, 0.25) is 11.8 Å². The largest absolute Gasteiger partial charge is 0.465 e. The highest BCUT2D eigenvalue weighted by atomic mass is 19.1. The molecule has 0 heterocycles. The second kappa shape index (κ2) is 7.14. The summed E-state index contributed by atoms with van der Waals surface area (Å²) in [4.78, 5) is 37.0. The molecule has 3 rings (SSSR count). The van der Waals surface area contributed by atoms with E-state index in [1.165, 1.54) is 19.2 Å². The van der Waals surface area contributed by atoms with Crippen molar-refractivity contribution < 1.29 is 27.9 Å². The van der Waals surface area contributed by atoms with Crippen LogP contribution < -0.4 is 10.6 Å². The van der Waals surface area contributed by atoms with E-state index in [0.717, 1.165) is 12.1 Å². The summed E-state index contributed by atoms with van der Waals surface area (Å²) < 4.78 is 31.4. The highest BCUT2D eigenvalue weighted by Crippen LogP contribution is 2.47. The molecule has 0 unspecified atom stereocenters. The van der Waals surface area contributed by atoms with Crippen LogP contribution in [0.3, 0.4) is 0 Å². The van der Waals surface area contributed by atoms with Crippen molar-refractivity contribution >= 4 is 29.2 Å². The van der Waals surface area contributed by atoms with Crippen LogP contribution >= 0.6 is 0 Å². The molecule has 0 radical (unpaired) electrons. The van der Waals surface area contributed by atoms with E-state index < -0.39 is 34.8 Å². The number of carbonyl (C=O) groups excluding carboxylic acids is 3. The zero-order chi connectivity index (χ0) is 19.6. The summed E-state index contributed by atoms with van der Waals surface area (Å²) in [5.74, 6) is -3.65. The average Bonchev–Trinajstić information content (AvgIpc) is 3.46. The molecule has 0 bridgehead atoms. The number of para-hydroxylation sites is 1. The molecule has 140 valence electrons. The minimum Gasteiger partial charge on any atom is -0.465 e. The Morgan fingerprint density at radius 3 is 2.19 bits per heavy atom. The lowest BCUT2D eigenvalue weighted by Crippen LogP contribution is -2.36. The summed E-state index contributed by atoms with van der Waals surface area (Å²) >= 11 is 0. The number of carbonyl (C=O) groups is 3. The van der Waals surface area contributed by atoms with Crippen LogP contribution in [0.15, 0.2) is 42.5 Å². The summed E-state index contributed by atoms with van der Waals surface area (Å²) in [6, 6.07) is 8.96. The van der Waals surface area contributed by atoms with Gasteiger partial charge >= 0.3 is 5.97 Å². The number of amides is 2. The standard InChI is InChI=1S/C19H16F2N2O4/c1-27-16(24)12-4-2-3-5-14(12)22-17(25)19(8-9-19)18(26)23-15-7-6-11(20)10-13(15)21/h2-7,10H,8-9H2,1H3,(H,22,25)(H,23,26). The number of esters is 1. The lowest BCUT2D eigenvalue weighted by molar-refractivity contribution is -0.131. The van der Waals surface area contributed by atoms with Gasteiger partial charge in [-0.25, -0.2) is 13.6 Å². The van der Waals surface area contributed by atoms with Crippen molar-refractivity contribution in [2.75, 3.05) is 17.7 Å². The SMILES string of the molecule is COC(=O)c1ccccc1NC(=O)C1(C(=O)Nc2ccc(F)cc2F)CC1. The first kappa shape index (κ1) is 18.5. The Kier molecular flexibility index (Phi) is 4.89. The maximum Gasteiger partial charge on any atom is 0.339 e. The van der Waals surface area contributed by atoms with Gasteiger partial charge in [0, 0.05) is 6.07 Å². The van der Waals surface area contributed by atoms with Crippen molar-refractivity contribution in [2.45, 2.75) is 12.8 Å². The Balaban J connectivity index is 1.77.